The molecule has 0 aromatic heterocycles. The third-order valence-corrected chi connectivity index (χ3v) is 5.54. The van der Waals surface area contributed by atoms with Crippen molar-refractivity contribution in [3.63, 3.8) is 0 Å². The van der Waals surface area contributed by atoms with E-state index in [0.717, 1.165) is 48.4 Å². The highest BCUT2D eigenvalue weighted by atomic mass is 32.2. The van der Waals surface area contributed by atoms with Crippen molar-refractivity contribution in [1.29, 1.82) is 0 Å². The van der Waals surface area contributed by atoms with Gasteiger partial charge in [-0.25, -0.2) is 17.2 Å². The Balaban J connectivity index is 1.96. The Kier molecular flexibility index (Phi) is 7.51. The fraction of sp³-hybridized carbons (Fsp3) is 0.588. The Bertz CT molecular complexity index is 755. The molecule has 1 aromatic carbocycles. The van der Waals surface area contributed by atoms with Gasteiger partial charge in [-0.3, -0.25) is 14.0 Å². The summed E-state index contributed by atoms with van der Waals surface area (Å²) in [5.74, 6) is -2.78. The summed E-state index contributed by atoms with van der Waals surface area (Å²) in [5.41, 5.74) is -0.104. The number of nitrogens with one attached hydrogen (secondary N) is 1. The Morgan fingerprint density at radius 1 is 1.30 bits per heavy atom. The molecule has 1 aromatic rings. The molecule has 0 saturated carbocycles. The first-order valence-electron chi connectivity index (χ1n) is 8.72. The maximum absolute atomic E-state index is 13.5. The average Bonchev–Trinajstić information content (AvgIpc) is 2.61. The maximum atomic E-state index is 13.5. The third kappa shape index (κ3) is 6.12. The molecule has 7 nitrogen and oxygen atoms in total. The predicted octanol–water partition coefficient (Wildman–Crippen LogP) is 0.958. The van der Waals surface area contributed by atoms with Gasteiger partial charge in [0.25, 0.3) is 0 Å². The predicted molar refractivity (Wildman–Crippen MR) is 98.0 cm³/mol. The van der Waals surface area contributed by atoms with Gasteiger partial charge in [0.1, 0.15) is 6.04 Å². The highest BCUT2D eigenvalue weighted by molar-refractivity contribution is 7.92. The van der Waals surface area contributed by atoms with Crippen LogP contribution in [0, 0.1) is 11.6 Å². The number of amides is 1. The SMILES string of the molecule is C[C@@H](C(=O)NCCCN1CCOCC1)N(c1ccc(F)c(F)c1)S(C)(=O)=O. The lowest BCUT2D eigenvalue weighted by Gasteiger charge is -2.29. The van der Waals surface area contributed by atoms with Gasteiger partial charge >= 0.3 is 0 Å². The summed E-state index contributed by atoms with van der Waals surface area (Å²) in [4.78, 5) is 14.6. The zero-order valence-electron chi connectivity index (χ0n) is 15.5. The summed E-state index contributed by atoms with van der Waals surface area (Å²) in [6, 6.07) is 1.61. The first kappa shape index (κ1) is 21.5. The lowest BCUT2D eigenvalue weighted by molar-refractivity contribution is -0.121. The topological polar surface area (TPSA) is 79.0 Å². The van der Waals surface area contributed by atoms with E-state index in [0.29, 0.717) is 26.2 Å². The quantitative estimate of drug-likeness (QED) is 0.652. The lowest BCUT2D eigenvalue weighted by atomic mass is 10.2. The van der Waals surface area contributed by atoms with Gasteiger partial charge in [0.15, 0.2) is 11.6 Å². The number of carbonyl (C=O) groups excluding carboxylic acids is 1. The van der Waals surface area contributed by atoms with Crippen LogP contribution in [0.1, 0.15) is 13.3 Å². The van der Waals surface area contributed by atoms with Crippen LogP contribution in [0.5, 0.6) is 0 Å². The second-order valence-electron chi connectivity index (χ2n) is 6.43. The van der Waals surface area contributed by atoms with E-state index in [9.17, 15) is 22.0 Å². The standard InChI is InChI=1S/C17H25F2N3O4S/c1-13(17(23)20-6-3-7-21-8-10-26-11-9-21)22(27(2,24)25)14-4-5-15(18)16(19)12-14/h4-5,12-13H,3,6-11H2,1-2H3,(H,20,23)/t13-/m0/s1. The number of hydrogen-bond acceptors (Lipinski definition) is 5. The summed E-state index contributed by atoms with van der Waals surface area (Å²) in [5, 5.41) is 2.70. The van der Waals surface area contributed by atoms with Crippen LogP contribution in [-0.4, -0.2) is 70.9 Å². The van der Waals surface area contributed by atoms with E-state index in [-0.39, 0.29) is 5.69 Å². The molecule has 0 radical (unpaired) electrons. The fourth-order valence-corrected chi connectivity index (χ4v) is 4.08. The zero-order chi connectivity index (χ0) is 20.0. The van der Waals surface area contributed by atoms with Crippen LogP contribution < -0.4 is 9.62 Å². The molecule has 1 atom stereocenters. The van der Waals surface area contributed by atoms with Gasteiger partial charge in [-0.15, -0.1) is 0 Å². The number of rotatable bonds is 8. The third-order valence-electron chi connectivity index (χ3n) is 4.30. The second kappa shape index (κ2) is 9.43. The minimum atomic E-state index is -3.88. The molecule has 1 heterocycles. The second-order valence-corrected chi connectivity index (χ2v) is 8.29. The van der Waals surface area contributed by atoms with E-state index in [1.165, 1.54) is 6.92 Å². The Morgan fingerprint density at radius 3 is 2.56 bits per heavy atom. The van der Waals surface area contributed by atoms with Crippen LogP contribution in [0.25, 0.3) is 0 Å². The molecule has 1 aliphatic rings. The first-order chi connectivity index (χ1) is 12.7. The van der Waals surface area contributed by atoms with Crippen molar-refractivity contribution in [3.05, 3.63) is 29.8 Å². The van der Waals surface area contributed by atoms with Crippen LogP contribution in [0.2, 0.25) is 0 Å². The van der Waals surface area contributed by atoms with Crippen LogP contribution in [0.3, 0.4) is 0 Å². The van der Waals surface area contributed by atoms with Gasteiger partial charge < -0.3 is 10.1 Å². The van der Waals surface area contributed by atoms with Crippen molar-refractivity contribution in [3.8, 4) is 0 Å². The van der Waals surface area contributed by atoms with Crippen LogP contribution in [0.4, 0.5) is 14.5 Å². The average molecular weight is 405 g/mol. The molecule has 1 N–H and O–H groups in total. The molecule has 10 heteroatoms. The van der Waals surface area contributed by atoms with Crippen molar-refractivity contribution in [1.82, 2.24) is 10.2 Å². The van der Waals surface area contributed by atoms with Gasteiger partial charge in [-0.05, 0) is 32.0 Å². The number of morpholine rings is 1. The van der Waals surface area contributed by atoms with Crippen LogP contribution in [0.15, 0.2) is 18.2 Å². The number of ether oxygens (including phenoxy) is 1. The highest BCUT2D eigenvalue weighted by Gasteiger charge is 2.29. The maximum Gasteiger partial charge on any atom is 0.243 e. The van der Waals surface area contributed by atoms with E-state index < -0.39 is 33.6 Å². The number of halogens is 2. The van der Waals surface area contributed by atoms with E-state index in [2.05, 4.69) is 10.2 Å². The summed E-state index contributed by atoms with van der Waals surface area (Å²) in [6.07, 6.45) is 1.62. The number of hydrogen-bond donors (Lipinski definition) is 1. The molecule has 1 amide bonds. The molecule has 0 spiro atoms. The van der Waals surface area contributed by atoms with Gasteiger partial charge in [-0.1, -0.05) is 0 Å². The molecule has 1 fully saturated rings. The van der Waals surface area contributed by atoms with Crippen LogP contribution >= 0.6 is 0 Å². The van der Waals surface area contributed by atoms with E-state index in [1.807, 2.05) is 0 Å². The molecular formula is C17H25F2N3O4S. The summed E-state index contributed by atoms with van der Waals surface area (Å²) >= 11 is 0. The minimum absolute atomic E-state index is 0.104. The molecule has 1 aliphatic heterocycles. The van der Waals surface area contributed by atoms with Gasteiger partial charge in [-0.2, -0.15) is 0 Å². The molecule has 1 saturated heterocycles. The van der Waals surface area contributed by atoms with E-state index in [1.54, 1.807) is 0 Å². The molecule has 0 unspecified atom stereocenters. The van der Waals surface area contributed by atoms with Gasteiger partial charge in [0.2, 0.25) is 15.9 Å². The van der Waals surface area contributed by atoms with Crippen LogP contribution in [-0.2, 0) is 19.6 Å². The lowest BCUT2D eigenvalue weighted by Crippen LogP contribution is -2.48. The van der Waals surface area contributed by atoms with Crippen molar-refractivity contribution >= 4 is 21.6 Å². The van der Waals surface area contributed by atoms with Gasteiger partial charge in [0.05, 0.1) is 25.2 Å². The van der Waals surface area contributed by atoms with Crippen molar-refractivity contribution in [2.24, 2.45) is 0 Å². The molecule has 0 aliphatic carbocycles. The normalized spacial score (nSPS) is 16.7. The zero-order valence-corrected chi connectivity index (χ0v) is 16.3. The highest BCUT2D eigenvalue weighted by Crippen LogP contribution is 2.23. The Hall–Kier alpha value is -1.78. The van der Waals surface area contributed by atoms with Gasteiger partial charge in [0, 0.05) is 25.7 Å². The number of carbonyl (C=O) groups is 1. The van der Waals surface area contributed by atoms with Crippen molar-refractivity contribution in [2.75, 3.05) is 50.0 Å². The Labute approximate surface area is 158 Å². The number of anilines is 1. The summed E-state index contributed by atoms with van der Waals surface area (Å²) in [6.45, 7) is 5.68. The number of sulfonamides is 1. The molecule has 0 bridgehead atoms. The molecule has 152 valence electrons. The molecule has 2 rings (SSSR count). The fourth-order valence-electron chi connectivity index (χ4n) is 2.92. The molecule has 27 heavy (non-hydrogen) atoms. The Morgan fingerprint density at radius 2 is 1.96 bits per heavy atom. The smallest absolute Gasteiger partial charge is 0.243 e. The van der Waals surface area contributed by atoms with Crippen molar-refractivity contribution in [2.45, 2.75) is 19.4 Å². The first-order valence-corrected chi connectivity index (χ1v) is 10.6. The number of benzene rings is 1. The van der Waals surface area contributed by atoms with E-state index in [4.69, 9.17) is 4.74 Å². The molecular weight excluding hydrogens is 380 g/mol. The summed E-state index contributed by atoms with van der Waals surface area (Å²) < 4.78 is 56.9. The minimum Gasteiger partial charge on any atom is -0.379 e. The van der Waals surface area contributed by atoms with E-state index >= 15 is 0 Å². The summed E-state index contributed by atoms with van der Waals surface area (Å²) in [7, 11) is -3.88. The van der Waals surface area contributed by atoms with Crippen molar-refractivity contribution < 1.29 is 26.7 Å². The number of nitrogens with zero attached hydrogens (tertiary/aromatic N) is 2. The monoisotopic (exact) mass is 405 g/mol. The largest absolute Gasteiger partial charge is 0.379 e.